The summed E-state index contributed by atoms with van der Waals surface area (Å²) < 4.78 is 15.7. The van der Waals surface area contributed by atoms with Crippen LogP contribution in [0.25, 0.3) is 0 Å². The van der Waals surface area contributed by atoms with E-state index in [4.69, 9.17) is 0 Å². The highest BCUT2D eigenvalue weighted by atomic mass is 19.1. The minimum Gasteiger partial charge on any atom is -0.345 e. The van der Waals surface area contributed by atoms with Crippen LogP contribution in [0.15, 0.2) is 0 Å². The van der Waals surface area contributed by atoms with Crippen molar-refractivity contribution in [2.45, 2.75) is 19.4 Å². The molecular formula is C5H10FO. The third-order valence-corrected chi connectivity index (χ3v) is 0.445. The Morgan fingerprint density at radius 1 is 1.71 bits per heavy atom. The maximum atomic E-state index is 11.2. The van der Waals surface area contributed by atoms with Crippen molar-refractivity contribution in [2.75, 3.05) is 6.86 Å². The summed E-state index contributed by atoms with van der Waals surface area (Å²) >= 11 is 0. The molecule has 0 aromatic carbocycles. The van der Waals surface area contributed by atoms with Crippen LogP contribution in [0, 0.1) is 6.92 Å². The lowest BCUT2D eigenvalue weighted by Gasteiger charge is -2.15. The van der Waals surface area contributed by atoms with Crippen molar-refractivity contribution in [1.82, 2.24) is 0 Å². The van der Waals surface area contributed by atoms with Gasteiger partial charge in [0.15, 0.2) is 6.86 Å². The molecule has 0 unspecified atom stereocenters. The molecule has 0 rings (SSSR count). The van der Waals surface area contributed by atoms with Crippen LogP contribution >= 0.6 is 0 Å². The van der Waals surface area contributed by atoms with Crippen molar-refractivity contribution in [3.05, 3.63) is 6.92 Å². The lowest BCUT2D eigenvalue weighted by molar-refractivity contribution is -0.0340. The third-order valence-electron chi connectivity index (χ3n) is 0.445. The average Bonchev–Trinajstić information content (AvgIpc) is 1.30. The third kappa shape index (κ3) is 5.89. The molecule has 43 valence electrons. The second-order valence-corrected chi connectivity index (χ2v) is 2.01. The highest BCUT2D eigenvalue weighted by molar-refractivity contribution is 4.68. The lowest BCUT2D eigenvalue weighted by atomic mass is 10.2. The Kier molecular flexibility index (Phi) is 2.23. The van der Waals surface area contributed by atoms with Crippen molar-refractivity contribution in [3.8, 4) is 0 Å². The van der Waals surface area contributed by atoms with Gasteiger partial charge < -0.3 is 4.74 Å². The summed E-state index contributed by atoms with van der Waals surface area (Å²) in [5, 5.41) is 0. The molecule has 0 aliphatic rings. The molecule has 0 aromatic heterocycles. The molecule has 2 heteroatoms. The molecule has 0 heterocycles. The van der Waals surface area contributed by atoms with Crippen LogP contribution in [0.4, 0.5) is 4.39 Å². The van der Waals surface area contributed by atoms with Crippen LogP contribution in [0.2, 0.25) is 0 Å². The first kappa shape index (κ1) is 6.89. The monoisotopic (exact) mass is 105 g/mol. The van der Waals surface area contributed by atoms with E-state index in [1.165, 1.54) is 0 Å². The quantitative estimate of drug-likeness (QED) is 0.517. The fourth-order valence-electron chi connectivity index (χ4n) is 0.148. The van der Waals surface area contributed by atoms with Gasteiger partial charge in [0.2, 0.25) is 0 Å². The Bertz CT molecular complexity index is 46.5. The summed E-state index contributed by atoms with van der Waals surface area (Å²) in [7, 11) is 0. The second-order valence-electron chi connectivity index (χ2n) is 2.01. The SMILES string of the molecule is [CH2]C(C)(C)OCF. The lowest BCUT2D eigenvalue weighted by Crippen LogP contribution is -2.18. The van der Waals surface area contributed by atoms with Crippen LogP contribution in [-0.4, -0.2) is 12.5 Å². The van der Waals surface area contributed by atoms with Crippen molar-refractivity contribution >= 4 is 0 Å². The maximum absolute atomic E-state index is 11.2. The van der Waals surface area contributed by atoms with E-state index in [-0.39, 0.29) is 0 Å². The molecule has 0 aliphatic carbocycles. The van der Waals surface area contributed by atoms with E-state index >= 15 is 0 Å². The van der Waals surface area contributed by atoms with Gasteiger partial charge >= 0.3 is 0 Å². The van der Waals surface area contributed by atoms with Gasteiger partial charge in [-0.1, -0.05) is 0 Å². The van der Waals surface area contributed by atoms with E-state index in [0.29, 0.717) is 0 Å². The Labute approximate surface area is 43.5 Å². The minimum atomic E-state index is -0.753. The molecule has 0 saturated carbocycles. The first-order valence-electron chi connectivity index (χ1n) is 2.11. The maximum Gasteiger partial charge on any atom is 0.188 e. The highest BCUT2D eigenvalue weighted by Crippen LogP contribution is 2.04. The van der Waals surface area contributed by atoms with Gasteiger partial charge in [0.25, 0.3) is 0 Å². The fourth-order valence-corrected chi connectivity index (χ4v) is 0.148. The number of halogens is 1. The molecular weight excluding hydrogens is 95.1 g/mol. The van der Waals surface area contributed by atoms with Gasteiger partial charge in [-0.15, -0.1) is 0 Å². The summed E-state index contributed by atoms with van der Waals surface area (Å²) in [6, 6.07) is 0. The van der Waals surface area contributed by atoms with E-state index in [9.17, 15) is 4.39 Å². The van der Waals surface area contributed by atoms with Crippen LogP contribution in [0.5, 0.6) is 0 Å². The molecule has 1 radical (unpaired) electrons. The number of ether oxygens (including phenoxy) is 1. The molecule has 0 N–H and O–H groups in total. The van der Waals surface area contributed by atoms with Gasteiger partial charge in [-0.3, -0.25) is 0 Å². The second kappa shape index (κ2) is 2.26. The van der Waals surface area contributed by atoms with Gasteiger partial charge in [0.1, 0.15) is 0 Å². The molecule has 1 nitrogen and oxygen atoms in total. The first-order chi connectivity index (χ1) is 3.06. The van der Waals surface area contributed by atoms with Crippen molar-refractivity contribution in [2.24, 2.45) is 0 Å². The van der Waals surface area contributed by atoms with Crippen LogP contribution in [0.3, 0.4) is 0 Å². The molecule has 0 aliphatic heterocycles. The van der Waals surface area contributed by atoms with Crippen molar-refractivity contribution in [3.63, 3.8) is 0 Å². The molecule has 7 heavy (non-hydrogen) atoms. The van der Waals surface area contributed by atoms with Gasteiger partial charge in [-0.25, -0.2) is 4.39 Å². The Hall–Kier alpha value is -0.110. The average molecular weight is 105 g/mol. The van der Waals surface area contributed by atoms with E-state index in [1.54, 1.807) is 13.8 Å². The molecule has 0 spiro atoms. The normalized spacial score (nSPS) is 12.0. The van der Waals surface area contributed by atoms with E-state index in [0.717, 1.165) is 0 Å². The zero-order valence-electron chi connectivity index (χ0n) is 4.70. The number of hydrogen-bond donors (Lipinski definition) is 0. The molecule has 0 saturated heterocycles. The van der Waals surface area contributed by atoms with Crippen molar-refractivity contribution in [1.29, 1.82) is 0 Å². The summed E-state index contributed by atoms with van der Waals surface area (Å²) in [5.74, 6) is 0. The molecule has 0 amide bonds. The minimum absolute atomic E-state index is 0.575. The highest BCUT2D eigenvalue weighted by Gasteiger charge is 2.07. The fraction of sp³-hybridized carbons (Fsp3) is 0.800. The Morgan fingerprint density at radius 2 is 2.14 bits per heavy atom. The number of rotatable bonds is 2. The van der Waals surface area contributed by atoms with Gasteiger partial charge in [-0.05, 0) is 20.8 Å². The summed E-state index contributed by atoms with van der Waals surface area (Å²) in [6.07, 6.45) is 0. The van der Waals surface area contributed by atoms with Gasteiger partial charge in [0, 0.05) is 0 Å². The summed E-state index contributed by atoms with van der Waals surface area (Å²) in [5.41, 5.74) is -0.575. The zero-order valence-corrected chi connectivity index (χ0v) is 4.70. The molecule has 0 aromatic rings. The molecule has 0 atom stereocenters. The van der Waals surface area contributed by atoms with Crippen LogP contribution in [-0.2, 0) is 4.74 Å². The molecule has 0 fully saturated rings. The molecule has 0 bridgehead atoms. The van der Waals surface area contributed by atoms with Crippen LogP contribution in [0.1, 0.15) is 13.8 Å². The smallest absolute Gasteiger partial charge is 0.188 e. The standard InChI is InChI=1S/C5H10FO/c1-5(2,3)7-4-6/h1,4H2,2-3H3. The van der Waals surface area contributed by atoms with E-state index in [2.05, 4.69) is 11.7 Å². The largest absolute Gasteiger partial charge is 0.345 e. The van der Waals surface area contributed by atoms with Gasteiger partial charge in [-0.2, -0.15) is 0 Å². The number of alkyl halides is 1. The topological polar surface area (TPSA) is 9.23 Å². The zero-order chi connectivity index (χ0) is 5.91. The van der Waals surface area contributed by atoms with Crippen molar-refractivity contribution < 1.29 is 9.13 Å². The van der Waals surface area contributed by atoms with Crippen LogP contribution < -0.4 is 0 Å². The summed E-state index contributed by atoms with van der Waals surface area (Å²) in [4.78, 5) is 0. The Balaban J connectivity index is 3.15. The van der Waals surface area contributed by atoms with E-state index < -0.39 is 12.5 Å². The number of hydrogen-bond acceptors (Lipinski definition) is 1. The van der Waals surface area contributed by atoms with E-state index in [1.807, 2.05) is 0 Å². The Morgan fingerprint density at radius 3 is 2.14 bits per heavy atom. The predicted molar refractivity (Wildman–Crippen MR) is 26.5 cm³/mol. The first-order valence-corrected chi connectivity index (χ1v) is 2.11. The predicted octanol–water partition coefficient (Wildman–Crippen LogP) is 1.54. The van der Waals surface area contributed by atoms with Gasteiger partial charge in [0.05, 0.1) is 5.60 Å². The summed E-state index contributed by atoms with van der Waals surface area (Å²) in [6.45, 7) is 6.15.